The van der Waals surface area contributed by atoms with E-state index in [9.17, 15) is 9.59 Å². The number of carbonyl (C=O) groups is 1. The number of benzene rings is 1. The number of carbonyl (C=O) groups excluding carboxylic acids is 1. The second-order valence-corrected chi connectivity index (χ2v) is 6.76. The molecule has 28 heavy (non-hydrogen) atoms. The maximum Gasteiger partial charge on any atom is 0.338 e. The van der Waals surface area contributed by atoms with Gasteiger partial charge in [-0.1, -0.05) is 17.7 Å². The minimum absolute atomic E-state index is 0.284. The lowest BCUT2D eigenvalue weighted by atomic mass is 10.1. The number of rotatable bonds is 5. The highest BCUT2D eigenvalue weighted by Crippen LogP contribution is 2.15. The number of esters is 1. The van der Waals surface area contributed by atoms with Gasteiger partial charge in [-0.15, -0.1) is 0 Å². The summed E-state index contributed by atoms with van der Waals surface area (Å²) in [6, 6.07) is 12.0. The van der Waals surface area contributed by atoms with E-state index >= 15 is 0 Å². The van der Waals surface area contributed by atoms with Gasteiger partial charge in [-0.25, -0.2) is 9.78 Å². The molecule has 6 nitrogen and oxygen atoms in total. The maximum absolute atomic E-state index is 12.7. The molecule has 0 spiro atoms. The molecule has 0 amide bonds. The van der Waals surface area contributed by atoms with Gasteiger partial charge in [0, 0.05) is 18.6 Å². The Morgan fingerprint density at radius 1 is 1.18 bits per heavy atom. The first-order chi connectivity index (χ1) is 13.6. The predicted molar refractivity (Wildman–Crippen MR) is 107 cm³/mol. The highest BCUT2D eigenvalue weighted by molar-refractivity contribution is 6.30. The first kappa shape index (κ1) is 18.1. The van der Waals surface area contributed by atoms with E-state index in [4.69, 9.17) is 16.3 Å². The van der Waals surface area contributed by atoms with Crippen molar-refractivity contribution >= 4 is 34.1 Å². The third kappa shape index (κ3) is 3.73. The zero-order chi connectivity index (χ0) is 19.5. The van der Waals surface area contributed by atoms with E-state index in [-0.39, 0.29) is 12.2 Å². The summed E-state index contributed by atoms with van der Waals surface area (Å²) in [7, 11) is 0. The van der Waals surface area contributed by atoms with Crippen molar-refractivity contribution in [3.8, 4) is 0 Å². The lowest BCUT2D eigenvalue weighted by Gasteiger charge is -2.07. The molecule has 140 valence electrons. The molecule has 0 bridgehead atoms. The molecule has 7 heteroatoms. The van der Waals surface area contributed by atoms with E-state index in [1.807, 2.05) is 12.1 Å². The topological polar surface area (TPSA) is 73.6 Å². The third-order valence-corrected chi connectivity index (χ3v) is 4.60. The molecule has 4 aromatic rings. The van der Waals surface area contributed by atoms with Crippen LogP contribution in [0.2, 0.25) is 5.02 Å². The fourth-order valence-electron chi connectivity index (χ4n) is 2.98. The van der Waals surface area contributed by atoms with Crippen molar-refractivity contribution in [3.05, 3.63) is 87.6 Å². The molecule has 0 aliphatic rings. The molecule has 0 aliphatic heterocycles. The number of ether oxygens (including phenoxy) is 1. The Bertz CT molecular complexity index is 1220. The van der Waals surface area contributed by atoms with Crippen LogP contribution in [0, 0.1) is 0 Å². The summed E-state index contributed by atoms with van der Waals surface area (Å²) in [5, 5.41) is 0.768. The van der Waals surface area contributed by atoms with Crippen LogP contribution in [0.15, 0.2) is 65.8 Å². The predicted octanol–water partition coefficient (Wildman–Crippen LogP) is 3.69. The molecule has 0 saturated carbocycles. The first-order valence-corrected chi connectivity index (χ1v) is 9.17. The minimum atomic E-state index is -0.469. The second kappa shape index (κ2) is 7.78. The summed E-state index contributed by atoms with van der Waals surface area (Å²) in [5.74, 6) is -0.469. The molecule has 0 radical (unpaired) electrons. The number of hydrogen-bond acceptors (Lipinski definition) is 5. The van der Waals surface area contributed by atoms with Crippen LogP contribution in [0.25, 0.3) is 16.6 Å². The zero-order valence-corrected chi connectivity index (χ0v) is 15.6. The van der Waals surface area contributed by atoms with E-state index in [0.717, 1.165) is 12.0 Å². The van der Waals surface area contributed by atoms with Crippen LogP contribution in [0.4, 0.5) is 0 Å². The first-order valence-electron chi connectivity index (χ1n) is 8.79. The van der Waals surface area contributed by atoms with Gasteiger partial charge < -0.3 is 4.74 Å². The Kier molecular flexibility index (Phi) is 5.04. The van der Waals surface area contributed by atoms with Gasteiger partial charge >= 0.3 is 5.97 Å². The maximum atomic E-state index is 12.7. The number of halogens is 1. The van der Waals surface area contributed by atoms with Gasteiger partial charge in [-0.3, -0.25) is 14.2 Å². The second-order valence-electron chi connectivity index (χ2n) is 6.33. The minimum Gasteiger partial charge on any atom is -0.462 e. The van der Waals surface area contributed by atoms with Crippen molar-refractivity contribution < 1.29 is 9.53 Å². The molecule has 4 rings (SSSR count). The molecule has 3 heterocycles. The van der Waals surface area contributed by atoms with Gasteiger partial charge in [0.25, 0.3) is 5.56 Å². The summed E-state index contributed by atoms with van der Waals surface area (Å²) in [6.45, 7) is 0.288. The number of fused-ring (bicyclic) bond motifs is 2. The smallest absolute Gasteiger partial charge is 0.338 e. The van der Waals surface area contributed by atoms with Crippen molar-refractivity contribution in [2.45, 2.75) is 12.8 Å². The Morgan fingerprint density at radius 3 is 2.89 bits per heavy atom. The fraction of sp³-hybridized carbons (Fsp3) is 0.143. The van der Waals surface area contributed by atoms with Crippen LogP contribution >= 0.6 is 11.6 Å². The summed E-state index contributed by atoms with van der Waals surface area (Å²) in [4.78, 5) is 33.6. The zero-order valence-electron chi connectivity index (χ0n) is 14.8. The van der Waals surface area contributed by atoms with Crippen LogP contribution in [-0.2, 0) is 11.2 Å². The van der Waals surface area contributed by atoms with Gasteiger partial charge in [0.2, 0.25) is 0 Å². The summed E-state index contributed by atoms with van der Waals surface area (Å²) in [5.41, 5.74) is 2.13. The average Bonchev–Trinajstić information content (AvgIpc) is 2.72. The molecule has 0 saturated heterocycles. The van der Waals surface area contributed by atoms with Crippen molar-refractivity contribution in [1.82, 2.24) is 14.4 Å². The van der Waals surface area contributed by atoms with Crippen LogP contribution in [0.1, 0.15) is 22.3 Å². The highest BCUT2D eigenvalue weighted by atomic mass is 35.5. The average molecular weight is 394 g/mol. The summed E-state index contributed by atoms with van der Waals surface area (Å²) in [6.07, 6.45) is 6.49. The molecule has 0 aliphatic carbocycles. The lowest BCUT2D eigenvalue weighted by molar-refractivity contribution is 0.0501. The molecule has 3 aromatic heterocycles. The van der Waals surface area contributed by atoms with Crippen molar-refractivity contribution in [3.63, 3.8) is 0 Å². The van der Waals surface area contributed by atoms with E-state index in [2.05, 4.69) is 9.97 Å². The molecular weight excluding hydrogens is 378 g/mol. The number of nitrogens with zero attached hydrogens (tertiary/aromatic N) is 3. The molecular formula is C21H16ClN3O3. The standard InChI is InChI=1S/C21H16ClN3O3/c22-16-6-8-19-24-18-7-5-15(11-17(18)20(26)25(19)13-16)21(27)28-10-2-4-14-3-1-9-23-12-14/h1,3,5-9,11-13H,2,4,10H2. The number of hydrogen-bond donors (Lipinski definition) is 0. The Balaban J connectivity index is 1.52. The van der Waals surface area contributed by atoms with Gasteiger partial charge in [0.1, 0.15) is 5.65 Å². The summed E-state index contributed by atoms with van der Waals surface area (Å²) >= 11 is 5.97. The van der Waals surface area contributed by atoms with Gasteiger partial charge in [-0.05, 0) is 54.8 Å². The van der Waals surface area contributed by atoms with Crippen molar-refractivity contribution in [2.75, 3.05) is 6.61 Å². The van der Waals surface area contributed by atoms with Crippen LogP contribution in [-0.4, -0.2) is 26.9 Å². The van der Waals surface area contributed by atoms with Gasteiger partial charge in [0.05, 0.1) is 28.1 Å². The van der Waals surface area contributed by atoms with E-state index < -0.39 is 5.97 Å². The molecule has 0 fully saturated rings. The SMILES string of the molecule is O=C(OCCCc1cccnc1)c1ccc2nc3ccc(Cl)cn3c(=O)c2c1. The molecule has 0 atom stereocenters. The van der Waals surface area contributed by atoms with Crippen LogP contribution < -0.4 is 5.56 Å². The van der Waals surface area contributed by atoms with Crippen LogP contribution in [0.3, 0.4) is 0 Å². The molecule has 0 N–H and O–H groups in total. The third-order valence-electron chi connectivity index (χ3n) is 4.37. The normalized spacial score (nSPS) is 11.0. The van der Waals surface area contributed by atoms with Crippen molar-refractivity contribution in [1.29, 1.82) is 0 Å². The Hall–Kier alpha value is -3.25. The van der Waals surface area contributed by atoms with E-state index in [0.29, 0.717) is 33.6 Å². The number of aryl methyl sites for hydroxylation is 1. The largest absolute Gasteiger partial charge is 0.462 e. The van der Waals surface area contributed by atoms with E-state index in [1.54, 1.807) is 36.7 Å². The number of aromatic nitrogens is 3. The Morgan fingerprint density at radius 2 is 2.07 bits per heavy atom. The quantitative estimate of drug-likeness (QED) is 0.294. The van der Waals surface area contributed by atoms with Crippen LogP contribution in [0.5, 0.6) is 0 Å². The monoisotopic (exact) mass is 393 g/mol. The highest BCUT2D eigenvalue weighted by Gasteiger charge is 2.12. The lowest BCUT2D eigenvalue weighted by Crippen LogP contribution is -2.16. The van der Waals surface area contributed by atoms with Crippen molar-refractivity contribution in [2.24, 2.45) is 0 Å². The molecule has 0 unspecified atom stereocenters. The van der Waals surface area contributed by atoms with Gasteiger partial charge in [0.15, 0.2) is 0 Å². The fourth-order valence-corrected chi connectivity index (χ4v) is 3.14. The Labute approximate surface area is 165 Å². The molecule has 1 aromatic carbocycles. The van der Waals surface area contributed by atoms with Gasteiger partial charge in [-0.2, -0.15) is 0 Å². The van der Waals surface area contributed by atoms with E-state index in [1.165, 1.54) is 16.7 Å². The number of pyridine rings is 2. The summed E-state index contributed by atoms with van der Waals surface area (Å²) < 4.78 is 6.70.